The van der Waals surface area contributed by atoms with Gasteiger partial charge in [0.2, 0.25) is 15.9 Å². The van der Waals surface area contributed by atoms with Crippen LogP contribution in [-0.4, -0.2) is 50.6 Å². The molecule has 1 aliphatic heterocycles. The maximum Gasteiger partial charge on any atom is 0.389 e. The quantitative estimate of drug-likeness (QED) is 0.689. The van der Waals surface area contributed by atoms with Crippen LogP contribution in [0.1, 0.15) is 19.3 Å². The van der Waals surface area contributed by atoms with Gasteiger partial charge in [-0.05, 0) is 43.0 Å². The predicted molar refractivity (Wildman–Crippen MR) is 92.5 cm³/mol. The van der Waals surface area contributed by atoms with Gasteiger partial charge in [-0.2, -0.15) is 17.5 Å². The van der Waals surface area contributed by atoms with E-state index in [1.54, 1.807) is 0 Å². The Bertz CT molecular complexity index is 750. The molecule has 1 fully saturated rings. The van der Waals surface area contributed by atoms with Crippen LogP contribution in [0.2, 0.25) is 5.02 Å². The number of ether oxygens (including phenoxy) is 1. The van der Waals surface area contributed by atoms with E-state index in [0.29, 0.717) is 18.1 Å². The van der Waals surface area contributed by atoms with E-state index in [1.807, 2.05) is 0 Å². The smallest absolute Gasteiger partial charge is 0.381 e. The van der Waals surface area contributed by atoms with Crippen molar-refractivity contribution in [2.75, 3.05) is 19.8 Å². The third-order valence-electron chi connectivity index (χ3n) is 4.26. The topological polar surface area (TPSA) is 89.7 Å². The Kier molecular flexibility index (Phi) is 7.12. The summed E-state index contributed by atoms with van der Waals surface area (Å²) in [6.07, 6.45) is -6.08. The molecule has 2 N–H and O–H groups in total. The van der Waals surface area contributed by atoms with Crippen molar-refractivity contribution in [3.8, 4) is 0 Å². The Morgan fingerprint density at radius 2 is 1.96 bits per heavy atom. The van der Waals surface area contributed by atoms with Gasteiger partial charge >= 0.3 is 6.18 Å². The van der Waals surface area contributed by atoms with Crippen LogP contribution in [0.5, 0.6) is 0 Å². The van der Waals surface area contributed by atoms with Crippen molar-refractivity contribution < 1.29 is 31.1 Å². The molecule has 11 heteroatoms. The minimum absolute atomic E-state index is 0.156. The second-order valence-corrected chi connectivity index (χ2v) is 8.66. The lowest BCUT2D eigenvalue weighted by Gasteiger charge is -2.31. The van der Waals surface area contributed by atoms with Gasteiger partial charge in [0, 0.05) is 24.6 Å². The van der Waals surface area contributed by atoms with Crippen LogP contribution >= 0.6 is 11.6 Å². The fraction of sp³-hybridized carbons (Fsp3) is 0.562. The zero-order valence-electron chi connectivity index (χ0n) is 14.3. The molecule has 1 heterocycles. The lowest BCUT2D eigenvalue weighted by molar-refractivity contribution is -0.140. The van der Waals surface area contributed by atoms with Gasteiger partial charge in [-0.15, -0.1) is 0 Å². The number of halogens is 4. The Labute approximate surface area is 160 Å². The highest BCUT2D eigenvalue weighted by Gasteiger charge is 2.39. The van der Waals surface area contributed by atoms with Crippen LogP contribution in [-0.2, 0) is 19.6 Å². The molecule has 0 spiro atoms. The van der Waals surface area contributed by atoms with Gasteiger partial charge < -0.3 is 10.5 Å². The summed E-state index contributed by atoms with van der Waals surface area (Å²) in [6.45, 7) is 0.525. The van der Waals surface area contributed by atoms with Crippen molar-refractivity contribution in [1.29, 1.82) is 0 Å². The van der Waals surface area contributed by atoms with E-state index in [0.717, 1.165) is 4.31 Å². The molecule has 0 unspecified atom stereocenters. The number of nitrogens with two attached hydrogens (primary N) is 1. The second kappa shape index (κ2) is 8.76. The monoisotopic (exact) mass is 428 g/mol. The molecule has 1 aromatic rings. The summed E-state index contributed by atoms with van der Waals surface area (Å²) < 4.78 is 70.1. The van der Waals surface area contributed by atoms with Gasteiger partial charge in [-0.3, -0.25) is 4.79 Å². The number of benzene rings is 1. The standard InChI is InChI=1S/C16H20ClF3N2O4S/c17-12-1-3-13(4-2-12)27(24,25)22(9-11-6-8-26-10-11)14(15(21)23)5-7-16(18,19)20/h1-4,11,14H,5-10H2,(H2,21,23)/t11-,14+/m0/s1. The van der Waals surface area contributed by atoms with Gasteiger partial charge in [0.25, 0.3) is 0 Å². The van der Waals surface area contributed by atoms with Crippen LogP contribution in [0.15, 0.2) is 29.2 Å². The molecule has 0 radical (unpaired) electrons. The molecule has 1 amide bonds. The molecule has 1 aliphatic rings. The zero-order chi connectivity index (χ0) is 20.2. The molecule has 2 atom stereocenters. The Balaban J connectivity index is 2.38. The molecule has 1 saturated heterocycles. The molecule has 2 rings (SSSR count). The van der Waals surface area contributed by atoms with E-state index < -0.39 is 41.0 Å². The summed E-state index contributed by atoms with van der Waals surface area (Å²) in [5.41, 5.74) is 5.28. The molecule has 152 valence electrons. The van der Waals surface area contributed by atoms with Crippen molar-refractivity contribution in [3.05, 3.63) is 29.3 Å². The Morgan fingerprint density at radius 1 is 1.33 bits per heavy atom. The van der Waals surface area contributed by atoms with E-state index in [2.05, 4.69) is 0 Å². The number of primary amides is 1. The Morgan fingerprint density at radius 3 is 2.44 bits per heavy atom. The van der Waals surface area contributed by atoms with E-state index in [4.69, 9.17) is 22.1 Å². The first-order valence-electron chi connectivity index (χ1n) is 8.22. The van der Waals surface area contributed by atoms with E-state index in [-0.39, 0.29) is 24.0 Å². The van der Waals surface area contributed by atoms with Crippen LogP contribution in [0.3, 0.4) is 0 Å². The third-order valence-corrected chi connectivity index (χ3v) is 6.40. The fourth-order valence-corrected chi connectivity index (χ4v) is 4.67. The normalized spacial score (nSPS) is 19.4. The fourth-order valence-electron chi connectivity index (χ4n) is 2.85. The number of hydrogen-bond donors (Lipinski definition) is 1. The maximum absolute atomic E-state index is 13.1. The van der Waals surface area contributed by atoms with Gasteiger partial charge in [0.15, 0.2) is 0 Å². The van der Waals surface area contributed by atoms with Crippen LogP contribution in [0, 0.1) is 5.92 Å². The number of nitrogens with zero attached hydrogens (tertiary/aromatic N) is 1. The number of sulfonamides is 1. The molecule has 0 bridgehead atoms. The molecule has 1 aromatic carbocycles. The third kappa shape index (κ3) is 6.06. The number of alkyl halides is 3. The van der Waals surface area contributed by atoms with Crippen LogP contribution in [0.4, 0.5) is 13.2 Å². The van der Waals surface area contributed by atoms with Crippen molar-refractivity contribution >= 4 is 27.5 Å². The highest BCUT2D eigenvalue weighted by atomic mass is 35.5. The molecule has 0 aromatic heterocycles. The number of hydrogen-bond acceptors (Lipinski definition) is 4. The summed E-state index contributed by atoms with van der Waals surface area (Å²) >= 11 is 5.77. The van der Waals surface area contributed by atoms with Gasteiger partial charge in [-0.25, -0.2) is 8.42 Å². The van der Waals surface area contributed by atoms with Crippen molar-refractivity contribution in [2.24, 2.45) is 11.7 Å². The van der Waals surface area contributed by atoms with Gasteiger partial charge in [0.1, 0.15) is 6.04 Å². The Hall–Kier alpha value is -1.36. The SMILES string of the molecule is NC(=O)[C@@H](CCC(F)(F)F)N(C[C@@H]1CCOC1)S(=O)(=O)c1ccc(Cl)cc1. The van der Waals surface area contributed by atoms with Crippen LogP contribution in [0.25, 0.3) is 0 Å². The second-order valence-electron chi connectivity index (χ2n) is 6.33. The van der Waals surface area contributed by atoms with E-state index >= 15 is 0 Å². The molecular weight excluding hydrogens is 409 g/mol. The largest absolute Gasteiger partial charge is 0.389 e. The van der Waals surface area contributed by atoms with Crippen molar-refractivity contribution in [3.63, 3.8) is 0 Å². The van der Waals surface area contributed by atoms with Gasteiger partial charge in [-0.1, -0.05) is 11.6 Å². The summed E-state index contributed by atoms with van der Waals surface area (Å²) in [6, 6.07) is 3.54. The van der Waals surface area contributed by atoms with E-state index in [1.165, 1.54) is 24.3 Å². The lowest BCUT2D eigenvalue weighted by Crippen LogP contribution is -2.50. The van der Waals surface area contributed by atoms with Gasteiger partial charge in [0.05, 0.1) is 11.5 Å². The first kappa shape index (κ1) is 21.9. The van der Waals surface area contributed by atoms with Crippen LogP contribution < -0.4 is 5.73 Å². The van der Waals surface area contributed by atoms with Crippen molar-refractivity contribution in [2.45, 2.75) is 36.4 Å². The maximum atomic E-state index is 13.1. The number of rotatable bonds is 8. The zero-order valence-corrected chi connectivity index (χ0v) is 15.9. The first-order valence-corrected chi connectivity index (χ1v) is 10.0. The van der Waals surface area contributed by atoms with Crippen molar-refractivity contribution in [1.82, 2.24) is 4.31 Å². The highest BCUT2D eigenvalue weighted by Crippen LogP contribution is 2.29. The number of carbonyl (C=O) groups is 1. The summed E-state index contributed by atoms with van der Waals surface area (Å²) in [5.74, 6) is -1.37. The molecule has 6 nitrogen and oxygen atoms in total. The lowest BCUT2D eigenvalue weighted by atomic mass is 10.1. The summed E-state index contributed by atoms with van der Waals surface area (Å²) in [4.78, 5) is 11.7. The number of amides is 1. The minimum Gasteiger partial charge on any atom is -0.381 e. The molecule has 0 aliphatic carbocycles. The minimum atomic E-state index is -4.54. The van der Waals surface area contributed by atoms with E-state index in [9.17, 15) is 26.4 Å². The average molecular weight is 429 g/mol. The first-order chi connectivity index (χ1) is 12.5. The summed E-state index contributed by atoms with van der Waals surface area (Å²) in [7, 11) is -4.27. The molecular formula is C16H20ClF3N2O4S. The average Bonchev–Trinajstić information content (AvgIpc) is 3.06. The highest BCUT2D eigenvalue weighted by molar-refractivity contribution is 7.89. The molecule has 0 saturated carbocycles. The summed E-state index contributed by atoms with van der Waals surface area (Å²) in [5, 5.41) is 0.299. The number of carbonyl (C=O) groups excluding carboxylic acids is 1. The predicted octanol–water partition coefficient (Wildman–Crippen LogP) is 2.56. The molecule has 27 heavy (non-hydrogen) atoms.